The number of urea groups is 1. The van der Waals surface area contributed by atoms with Crippen LogP contribution < -0.4 is 5.32 Å². The van der Waals surface area contributed by atoms with Gasteiger partial charge < -0.3 is 14.8 Å². The van der Waals surface area contributed by atoms with Crippen LogP contribution in [0.5, 0.6) is 0 Å². The number of nitrogens with zero attached hydrogens (tertiary/aromatic N) is 4. The highest BCUT2D eigenvalue weighted by Gasteiger charge is 2.31. The number of fused-ring (bicyclic) bond motifs is 1. The maximum absolute atomic E-state index is 12.7. The van der Waals surface area contributed by atoms with Gasteiger partial charge in [-0.05, 0) is 43.2 Å². The van der Waals surface area contributed by atoms with E-state index < -0.39 is 0 Å². The van der Waals surface area contributed by atoms with Gasteiger partial charge in [-0.25, -0.2) is 4.79 Å². The first-order valence-corrected chi connectivity index (χ1v) is 9.66. The second-order valence-corrected chi connectivity index (χ2v) is 7.90. The summed E-state index contributed by atoms with van der Waals surface area (Å²) in [7, 11) is 0. The van der Waals surface area contributed by atoms with E-state index in [4.69, 9.17) is 0 Å². The molecule has 2 aromatic rings. The van der Waals surface area contributed by atoms with Crippen LogP contribution in [0.1, 0.15) is 45.4 Å². The van der Waals surface area contributed by atoms with Gasteiger partial charge in [-0.2, -0.15) is 0 Å². The van der Waals surface area contributed by atoms with Crippen LogP contribution in [0.4, 0.5) is 10.5 Å². The highest BCUT2D eigenvalue weighted by atomic mass is 16.2. The molecule has 4 rings (SSSR count). The molecule has 0 radical (unpaired) electrons. The molecule has 1 saturated heterocycles. The number of anilines is 1. The number of aromatic nitrogens is 3. The lowest BCUT2D eigenvalue weighted by Gasteiger charge is -2.39. The summed E-state index contributed by atoms with van der Waals surface area (Å²) in [6.07, 6.45) is 5.49. The molecule has 0 aliphatic carbocycles. The van der Waals surface area contributed by atoms with Crippen LogP contribution in [0.3, 0.4) is 0 Å². The summed E-state index contributed by atoms with van der Waals surface area (Å²) >= 11 is 0. The summed E-state index contributed by atoms with van der Waals surface area (Å²) in [5.74, 6) is 1.95. The van der Waals surface area contributed by atoms with Crippen molar-refractivity contribution < 1.29 is 4.79 Å². The van der Waals surface area contributed by atoms with Gasteiger partial charge in [-0.15, -0.1) is 10.2 Å². The smallest absolute Gasteiger partial charge is 0.321 e. The summed E-state index contributed by atoms with van der Waals surface area (Å²) in [6.45, 7) is 7.12. The van der Waals surface area contributed by atoms with E-state index in [1.165, 1.54) is 6.42 Å². The summed E-state index contributed by atoms with van der Waals surface area (Å²) in [5, 5.41) is 11.7. The zero-order valence-corrected chi connectivity index (χ0v) is 15.7. The van der Waals surface area contributed by atoms with Gasteiger partial charge in [-0.3, -0.25) is 0 Å². The Hall–Kier alpha value is -2.37. The fraction of sp³-hybridized carbons (Fsp3) is 0.550. The zero-order valence-electron chi connectivity index (χ0n) is 15.7. The molecule has 1 aromatic heterocycles. The fourth-order valence-electron chi connectivity index (χ4n) is 4.08. The number of rotatable bonds is 3. The van der Waals surface area contributed by atoms with E-state index in [-0.39, 0.29) is 11.4 Å². The van der Waals surface area contributed by atoms with Gasteiger partial charge in [-0.1, -0.05) is 26.0 Å². The Morgan fingerprint density at radius 1 is 1.27 bits per heavy atom. The van der Waals surface area contributed by atoms with Crippen molar-refractivity contribution in [2.24, 2.45) is 5.41 Å². The minimum Gasteiger partial charge on any atom is -0.324 e. The minimum atomic E-state index is -0.00648. The SMILES string of the molecule is CC[C@]1(C)CCCN(C(=O)Nc2cccc(-c3nnc4n3CCC4)c2)C1. The van der Waals surface area contributed by atoms with Crippen molar-refractivity contribution in [1.82, 2.24) is 19.7 Å². The van der Waals surface area contributed by atoms with Crippen molar-refractivity contribution in [3.63, 3.8) is 0 Å². The second-order valence-electron chi connectivity index (χ2n) is 7.90. The average Bonchev–Trinajstić information content (AvgIpc) is 3.25. The molecule has 0 spiro atoms. The maximum Gasteiger partial charge on any atom is 0.321 e. The van der Waals surface area contributed by atoms with E-state index in [2.05, 4.69) is 33.9 Å². The van der Waals surface area contributed by atoms with Gasteiger partial charge in [0.05, 0.1) is 0 Å². The molecule has 6 heteroatoms. The number of piperidine rings is 1. The molecule has 1 N–H and O–H groups in total. The summed E-state index contributed by atoms with van der Waals surface area (Å²) in [5.41, 5.74) is 2.05. The van der Waals surface area contributed by atoms with Crippen LogP contribution in [-0.4, -0.2) is 38.8 Å². The number of aryl methyl sites for hydroxylation is 1. The maximum atomic E-state index is 12.7. The molecular formula is C20H27N5O. The van der Waals surface area contributed by atoms with E-state index in [1.807, 2.05) is 29.2 Å². The Kier molecular flexibility index (Phi) is 4.42. The molecule has 6 nitrogen and oxygen atoms in total. The lowest BCUT2D eigenvalue weighted by molar-refractivity contribution is 0.122. The largest absolute Gasteiger partial charge is 0.324 e. The Bertz CT molecular complexity index is 814. The Balaban J connectivity index is 1.49. The third kappa shape index (κ3) is 3.20. The number of nitrogens with one attached hydrogen (secondary N) is 1. The molecule has 3 heterocycles. The van der Waals surface area contributed by atoms with E-state index in [9.17, 15) is 4.79 Å². The monoisotopic (exact) mass is 353 g/mol. The lowest BCUT2D eigenvalue weighted by Crippen LogP contribution is -2.46. The van der Waals surface area contributed by atoms with Gasteiger partial charge in [0.15, 0.2) is 5.82 Å². The minimum absolute atomic E-state index is 0.00648. The van der Waals surface area contributed by atoms with Gasteiger partial charge in [0.25, 0.3) is 0 Å². The zero-order chi connectivity index (χ0) is 18.1. The van der Waals surface area contributed by atoms with E-state index in [1.54, 1.807) is 0 Å². The standard InChI is InChI=1S/C20H27N5O/c1-3-20(2)10-6-11-24(14-20)19(26)21-16-8-4-7-15(13-16)18-23-22-17-9-5-12-25(17)18/h4,7-8,13H,3,5-6,9-12,14H2,1-2H3,(H,21,26)/t20-/m1/s1. The highest BCUT2D eigenvalue weighted by molar-refractivity contribution is 5.90. The first kappa shape index (κ1) is 17.1. The average molecular weight is 353 g/mol. The Morgan fingerprint density at radius 3 is 3.00 bits per heavy atom. The third-order valence-electron chi connectivity index (χ3n) is 5.90. The van der Waals surface area contributed by atoms with Crippen LogP contribution in [0.25, 0.3) is 11.4 Å². The molecule has 0 unspecified atom stereocenters. The van der Waals surface area contributed by atoms with Gasteiger partial charge in [0.1, 0.15) is 5.82 Å². The summed E-state index contributed by atoms with van der Waals surface area (Å²) in [6, 6.07) is 7.92. The number of amides is 2. The number of benzene rings is 1. The van der Waals surface area contributed by atoms with Crippen molar-refractivity contribution in [3.05, 3.63) is 30.1 Å². The lowest BCUT2D eigenvalue weighted by atomic mass is 9.80. The Labute approximate surface area is 154 Å². The molecule has 0 bridgehead atoms. The molecule has 1 atom stereocenters. The van der Waals surface area contributed by atoms with Crippen LogP contribution in [0.15, 0.2) is 24.3 Å². The van der Waals surface area contributed by atoms with Crippen LogP contribution >= 0.6 is 0 Å². The fourth-order valence-corrected chi connectivity index (χ4v) is 4.08. The van der Waals surface area contributed by atoms with Crippen molar-refractivity contribution >= 4 is 11.7 Å². The van der Waals surface area contributed by atoms with Crippen molar-refractivity contribution in [3.8, 4) is 11.4 Å². The van der Waals surface area contributed by atoms with E-state index >= 15 is 0 Å². The molecule has 0 saturated carbocycles. The predicted octanol–water partition coefficient (Wildman–Crippen LogP) is 3.94. The van der Waals surface area contributed by atoms with Crippen molar-refractivity contribution in [2.75, 3.05) is 18.4 Å². The summed E-state index contributed by atoms with van der Waals surface area (Å²) < 4.78 is 2.18. The van der Waals surface area contributed by atoms with E-state index in [0.717, 1.165) is 68.2 Å². The quantitative estimate of drug-likeness (QED) is 0.909. The van der Waals surface area contributed by atoms with Gasteiger partial charge in [0, 0.05) is 37.3 Å². The molecule has 26 heavy (non-hydrogen) atoms. The summed E-state index contributed by atoms with van der Waals surface area (Å²) in [4.78, 5) is 14.7. The highest BCUT2D eigenvalue weighted by Crippen LogP contribution is 2.33. The van der Waals surface area contributed by atoms with Crippen LogP contribution in [0, 0.1) is 5.41 Å². The molecule has 2 aliphatic rings. The number of hydrogen-bond donors (Lipinski definition) is 1. The first-order valence-electron chi connectivity index (χ1n) is 9.66. The van der Waals surface area contributed by atoms with Gasteiger partial charge in [0.2, 0.25) is 0 Å². The molecule has 2 amide bonds. The number of likely N-dealkylation sites (tertiary alicyclic amines) is 1. The molecule has 1 fully saturated rings. The molecule has 138 valence electrons. The number of carbonyl (C=O) groups excluding carboxylic acids is 1. The van der Waals surface area contributed by atoms with Crippen LogP contribution in [-0.2, 0) is 13.0 Å². The van der Waals surface area contributed by atoms with E-state index in [0.29, 0.717) is 0 Å². The Morgan fingerprint density at radius 2 is 2.15 bits per heavy atom. The van der Waals surface area contributed by atoms with Gasteiger partial charge >= 0.3 is 6.03 Å². The number of hydrogen-bond acceptors (Lipinski definition) is 3. The van der Waals surface area contributed by atoms with Crippen molar-refractivity contribution in [1.29, 1.82) is 0 Å². The number of carbonyl (C=O) groups is 1. The molecule has 2 aliphatic heterocycles. The van der Waals surface area contributed by atoms with Crippen LogP contribution in [0.2, 0.25) is 0 Å². The first-order chi connectivity index (χ1) is 12.6. The molecular weight excluding hydrogens is 326 g/mol. The normalized spacial score (nSPS) is 22.3. The predicted molar refractivity (Wildman–Crippen MR) is 102 cm³/mol. The second kappa shape index (κ2) is 6.74. The van der Waals surface area contributed by atoms with Crippen molar-refractivity contribution in [2.45, 2.75) is 52.5 Å². The third-order valence-corrected chi connectivity index (χ3v) is 5.90. The topological polar surface area (TPSA) is 63.1 Å². The molecule has 1 aromatic carbocycles.